The Morgan fingerprint density at radius 1 is 0.903 bits per heavy atom. The zero-order chi connectivity index (χ0) is 21.5. The number of carbonyl (C=O) groups is 1. The van der Waals surface area contributed by atoms with Crippen LogP contribution in [-0.4, -0.2) is 27.2 Å². The first kappa shape index (κ1) is 21.1. The van der Waals surface area contributed by atoms with E-state index in [4.69, 9.17) is 21.7 Å². The van der Waals surface area contributed by atoms with E-state index in [9.17, 15) is 4.79 Å². The molecule has 7 heteroatoms. The highest BCUT2D eigenvalue weighted by atomic mass is 32.2. The number of thiocarbonyl (C=S) groups is 1. The third kappa shape index (κ3) is 5.71. The molecule has 0 aromatic heterocycles. The Morgan fingerprint density at radius 3 is 2.10 bits per heavy atom. The second-order valence-corrected chi connectivity index (χ2v) is 8.37. The van der Waals surface area contributed by atoms with Crippen molar-refractivity contribution in [2.45, 2.75) is 13.2 Å². The first-order valence-electron chi connectivity index (χ1n) is 9.70. The smallest absolute Gasteiger partial charge is 0.259 e. The largest absolute Gasteiger partial charge is 0.485 e. The van der Waals surface area contributed by atoms with Crippen molar-refractivity contribution in [3.8, 4) is 11.5 Å². The Balaban J connectivity index is 1.53. The number of hydrogen-bond donors (Lipinski definition) is 0. The van der Waals surface area contributed by atoms with Crippen molar-refractivity contribution < 1.29 is 14.3 Å². The van der Waals surface area contributed by atoms with Gasteiger partial charge in [-0.25, -0.2) is 0 Å². The van der Waals surface area contributed by atoms with Gasteiger partial charge in [0.25, 0.3) is 5.91 Å². The van der Waals surface area contributed by atoms with E-state index >= 15 is 0 Å². The van der Waals surface area contributed by atoms with E-state index in [1.54, 1.807) is 6.21 Å². The summed E-state index contributed by atoms with van der Waals surface area (Å²) in [5.74, 6) is 1.46. The Kier molecular flexibility index (Phi) is 6.96. The molecule has 5 nitrogen and oxygen atoms in total. The van der Waals surface area contributed by atoms with Gasteiger partial charge in [0, 0.05) is 0 Å². The molecule has 0 spiro atoms. The molecule has 1 saturated heterocycles. The summed E-state index contributed by atoms with van der Waals surface area (Å²) in [7, 11) is 0. The van der Waals surface area contributed by atoms with Crippen LogP contribution in [0.2, 0.25) is 0 Å². The van der Waals surface area contributed by atoms with Gasteiger partial charge in [0.15, 0.2) is 15.8 Å². The molecule has 0 N–H and O–H groups in total. The Hall–Kier alpha value is -3.16. The lowest BCUT2D eigenvalue weighted by atomic mass is 10.2. The van der Waals surface area contributed by atoms with Crippen molar-refractivity contribution in [3.63, 3.8) is 0 Å². The SMILES string of the molecule is O=C1CSC(=S)N1N=Cc1ccc(OCc2ccccc2)c(OCc2ccccc2)c1. The zero-order valence-corrected chi connectivity index (χ0v) is 18.3. The molecule has 1 heterocycles. The van der Waals surface area contributed by atoms with Gasteiger partial charge in [-0.15, -0.1) is 0 Å². The van der Waals surface area contributed by atoms with Crippen molar-refractivity contribution in [2.24, 2.45) is 5.10 Å². The van der Waals surface area contributed by atoms with Gasteiger partial charge in [0.05, 0.1) is 12.0 Å². The number of thioether (sulfide) groups is 1. The lowest BCUT2D eigenvalue weighted by Crippen LogP contribution is -2.22. The minimum atomic E-state index is -0.116. The van der Waals surface area contributed by atoms with Crippen LogP contribution in [0.15, 0.2) is 84.0 Å². The quantitative estimate of drug-likeness (QED) is 0.357. The van der Waals surface area contributed by atoms with Crippen LogP contribution in [0.3, 0.4) is 0 Å². The fourth-order valence-corrected chi connectivity index (χ4v) is 3.86. The molecular weight excluding hydrogens is 428 g/mol. The van der Waals surface area contributed by atoms with Gasteiger partial charge in [-0.1, -0.05) is 84.6 Å². The van der Waals surface area contributed by atoms with Gasteiger partial charge in [-0.05, 0) is 34.9 Å². The fraction of sp³-hybridized carbons (Fsp3) is 0.125. The maximum Gasteiger partial charge on any atom is 0.259 e. The molecule has 0 atom stereocenters. The number of carbonyl (C=O) groups excluding carboxylic acids is 1. The monoisotopic (exact) mass is 448 g/mol. The van der Waals surface area contributed by atoms with Crippen LogP contribution >= 0.6 is 24.0 Å². The molecule has 1 aliphatic heterocycles. The molecule has 0 bridgehead atoms. The van der Waals surface area contributed by atoms with E-state index in [0.717, 1.165) is 16.7 Å². The van der Waals surface area contributed by atoms with Crippen molar-refractivity contribution in [1.82, 2.24) is 5.01 Å². The molecule has 31 heavy (non-hydrogen) atoms. The van der Waals surface area contributed by atoms with Crippen molar-refractivity contribution in [1.29, 1.82) is 0 Å². The standard InChI is InChI=1S/C24H20N2O3S2/c27-23-17-31-24(30)26(23)25-14-20-11-12-21(28-15-18-7-3-1-4-8-18)22(13-20)29-16-19-9-5-2-6-10-19/h1-14H,15-17H2. The average Bonchev–Trinajstić information content (AvgIpc) is 3.14. The van der Waals surface area contributed by atoms with Crippen LogP contribution in [0.1, 0.15) is 16.7 Å². The molecule has 1 aliphatic rings. The van der Waals surface area contributed by atoms with E-state index in [-0.39, 0.29) is 5.91 Å². The number of ether oxygens (including phenoxy) is 2. The molecule has 1 amide bonds. The van der Waals surface area contributed by atoms with Crippen LogP contribution < -0.4 is 9.47 Å². The van der Waals surface area contributed by atoms with E-state index in [2.05, 4.69) is 5.10 Å². The molecule has 3 aromatic carbocycles. The lowest BCUT2D eigenvalue weighted by Gasteiger charge is -2.14. The highest BCUT2D eigenvalue weighted by Gasteiger charge is 2.26. The topological polar surface area (TPSA) is 51.1 Å². The van der Waals surface area contributed by atoms with Crippen molar-refractivity contribution in [3.05, 3.63) is 95.6 Å². The molecule has 3 aromatic rings. The average molecular weight is 449 g/mol. The van der Waals surface area contributed by atoms with E-state index in [1.807, 2.05) is 78.9 Å². The predicted molar refractivity (Wildman–Crippen MR) is 127 cm³/mol. The number of hydrazone groups is 1. The summed E-state index contributed by atoms with van der Waals surface area (Å²) in [6.45, 7) is 0.845. The summed E-state index contributed by atoms with van der Waals surface area (Å²) in [4.78, 5) is 11.9. The summed E-state index contributed by atoms with van der Waals surface area (Å²) < 4.78 is 12.6. The maximum absolute atomic E-state index is 11.9. The number of amides is 1. The van der Waals surface area contributed by atoms with Crippen LogP contribution in [0, 0.1) is 0 Å². The molecular formula is C24H20N2O3S2. The third-order valence-corrected chi connectivity index (χ3v) is 5.83. The minimum Gasteiger partial charge on any atom is -0.485 e. The van der Waals surface area contributed by atoms with Gasteiger partial charge in [0.1, 0.15) is 13.2 Å². The van der Waals surface area contributed by atoms with Crippen molar-refractivity contribution in [2.75, 3.05) is 5.75 Å². The van der Waals surface area contributed by atoms with E-state index in [1.165, 1.54) is 16.8 Å². The van der Waals surface area contributed by atoms with Gasteiger partial charge in [-0.2, -0.15) is 10.1 Å². The van der Waals surface area contributed by atoms with Gasteiger partial charge in [-0.3, -0.25) is 4.79 Å². The first-order valence-corrected chi connectivity index (χ1v) is 11.1. The van der Waals surface area contributed by atoms with Gasteiger partial charge >= 0.3 is 0 Å². The van der Waals surface area contributed by atoms with Crippen molar-refractivity contribution >= 4 is 40.4 Å². The van der Waals surface area contributed by atoms with Crippen LogP contribution in [-0.2, 0) is 18.0 Å². The highest BCUT2D eigenvalue weighted by Crippen LogP contribution is 2.30. The number of nitrogens with zero attached hydrogens (tertiary/aromatic N) is 2. The zero-order valence-electron chi connectivity index (χ0n) is 16.6. The Labute approximate surface area is 190 Å². The molecule has 0 radical (unpaired) electrons. The van der Waals surface area contributed by atoms with Gasteiger partial charge < -0.3 is 9.47 Å². The van der Waals surface area contributed by atoms with E-state index in [0.29, 0.717) is 34.8 Å². The van der Waals surface area contributed by atoms with Crippen LogP contribution in [0.5, 0.6) is 11.5 Å². The van der Waals surface area contributed by atoms with E-state index < -0.39 is 0 Å². The number of rotatable bonds is 8. The number of hydrogen-bond acceptors (Lipinski definition) is 6. The summed E-state index contributed by atoms with van der Waals surface area (Å²) in [6.07, 6.45) is 1.60. The third-order valence-electron chi connectivity index (χ3n) is 4.49. The Morgan fingerprint density at radius 2 is 1.52 bits per heavy atom. The molecule has 0 aliphatic carbocycles. The fourth-order valence-electron chi connectivity index (χ4n) is 2.89. The van der Waals surface area contributed by atoms with Crippen LogP contribution in [0.25, 0.3) is 0 Å². The molecule has 0 unspecified atom stereocenters. The highest BCUT2D eigenvalue weighted by molar-refractivity contribution is 8.23. The summed E-state index contributed by atoms with van der Waals surface area (Å²) in [6, 6.07) is 25.5. The minimum absolute atomic E-state index is 0.116. The molecule has 0 saturated carbocycles. The molecule has 156 valence electrons. The molecule has 4 rings (SSSR count). The second-order valence-electron chi connectivity index (χ2n) is 6.76. The molecule has 1 fully saturated rings. The first-order chi connectivity index (χ1) is 15.2. The number of benzene rings is 3. The lowest BCUT2D eigenvalue weighted by molar-refractivity contribution is -0.123. The summed E-state index contributed by atoms with van der Waals surface area (Å²) in [5, 5.41) is 5.49. The van der Waals surface area contributed by atoms with Crippen LogP contribution in [0.4, 0.5) is 0 Å². The van der Waals surface area contributed by atoms with Gasteiger partial charge in [0.2, 0.25) is 0 Å². The normalized spacial score (nSPS) is 13.7. The Bertz CT molecular complexity index is 1070. The summed E-state index contributed by atoms with van der Waals surface area (Å²) >= 11 is 6.48. The maximum atomic E-state index is 11.9. The summed E-state index contributed by atoms with van der Waals surface area (Å²) in [5.41, 5.74) is 2.91. The predicted octanol–water partition coefficient (Wildman–Crippen LogP) is 5.04. The second kappa shape index (κ2) is 10.2.